The molecule has 1 saturated heterocycles. The lowest BCUT2D eigenvalue weighted by molar-refractivity contribution is 0.122. The Kier molecular flexibility index (Phi) is 10.3. The summed E-state index contributed by atoms with van der Waals surface area (Å²) in [4.78, 5) is 9.37. The van der Waals surface area contributed by atoms with E-state index in [1.54, 1.807) is 6.07 Å². The van der Waals surface area contributed by atoms with E-state index >= 15 is 0 Å². The predicted octanol–water partition coefficient (Wildman–Crippen LogP) is 4.34. The van der Waals surface area contributed by atoms with Gasteiger partial charge in [-0.2, -0.15) is 0 Å². The molecule has 1 aliphatic heterocycles. The highest BCUT2D eigenvalue weighted by molar-refractivity contribution is 14.0. The van der Waals surface area contributed by atoms with Crippen LogP contribution in [0.3, 0.4) is 0 Å². The number of hydrogen-bond donors (Lipinski definition) is 2. The van der Waals surface area contributed by atoms with Gasteiger partial charge < -0.3 is 20.3 Å². The van der Waals surface area contributed by atoms with Crippen LogP contribution < -0.4 is 15.5 Å². The third-order valence-electron chi connectivity index (χ3n) is 4.81. The molecule has 0 saturated carbocycles. The number of halogens is 2. The van der Waals surface area contributed by atoms with Crippen molar-refractivity contribution in [3.05, 3.63) is 51.5 Å². The molecule has 5 nitrogen and oxygen atoms in total. The van der Waals surface area contributed by atoms with Gasteiger partial charge in [-0.25, -0.2) is 9.38 Å². The number of ether oxygens (including phenoxy) is 1. The first-order chi connectivity index (χ1) is 14.0. The fourth-order valence-corrected chi connectivity index (χ4v) is 4.40. The first-order valence-corrected chi connectivity index (χ1v) is 11.1. The smallest absolute Gasteiger partial charge is 0.191 e. The van der Waals surface area contributed by atoms with Gasteiger partial charge in [-0.1, -0.05) is 6.07 Å². The van der Waals surface area contributed by atoms with Crippen molar-refractivity contribution in [3.63, 3.8) is 0 Å². The fourth-order valence-electron chi connectivity index (χ4n) is 3.38. The van der Waals surface area contributed by atoms with Gasteiger partial charge in [-0.05, 0) is 50.6 Å². The maximum absolute atomic E-state index is 14.6. The van der Waals surface area contributed by atoms with Crippen LogP contribution in [0, 0.1) is 12.7 Å². The van der Waals surface area contributed by atoms with Crippen molar-refractivity contribution in [1.82, 2.24) is 10.6 Å². The molecule has 2 aromatic rings. The first-order valence-electron chi connectivity index (χ1n) is 10.3. The number of anilines is 1. The summed E-state index contributed by atoms with van der Waals surface area (Å²) in [5.41, 5.74) is 1.50. The van der Waals surface area contributed by atoms with Gasteiger partial charge in [0.1, 0.15) is 5.82 Å². The topological polar surface area (TPSA) is 48.9 Å². The average molecular weight is 546 g/mol. The van der Waals surface area contributed by atoms with Crippen LogP contribution in [0.2, 0.25) is 0 Å². The average Bonchev–Trinajstić information content (AvgIpc) is 3.11. The number of hydrogen-bond acceptors (Lipinski definition) is 4. The molecule has 0 bridgehead atoms. The highest BCUT2D eigenvalue weighted by atomic mass is 127. The second-order valence-corrected chi connectivity index (χ2v) is 8.71. The van der Waals surface area contributed by atoms with E-state index in [0.29, 0.717) is 25.4 Å². The Labute approximate surface area is 200 Å². The molecule has 2 heterocycles. The van der Waals surface area contributed by atoms with Gasteiger partial charge in [0, 0.05) is 41.9 Å². The highest BCUT2D eigenvalue weighted by Gasteiger charge is 2.15. The number of guanidine groups is 1. The highest BCUT2D eigenvalue weighted by Crippen LogP contribution is 2.22. The zero-order chi connectivity index (χ0) is 20.6. The summed E-state index contributed by atoms with van der Waals surface area (Å²) < 4.78 is 19.9. The van der Waals surface area contributed by atoms with Crippen molar-refractivity contribution >= 4 is 47.0 Å². The summed E-state index contributed by atoms with van der Waals surface area (Å²) >= 11 is 1.83. The summed E-state index contributed by atoms with van der Waals surface area (Å²) in [6.07, 6.45) is 0.950. The number of aliphatic imine (C=N–C) groups is 1. The second kappa shape index (κ2) is 12.5. The molecule has 30 heavy (non-hydrogen) atoms. The van der Waals surface area contributed by atoms with Crippen LogP contribution in [0.5, 0.6) is 0 Å². The number of nitrogens with one attached hydrogen (secondary N) is 2. The summed E-state index contributed by atoms with van der Waals surface area (Å²) in [6.45, 7) is 10.3. The number of nitrogens with zero attached hydrogens (tertiary/aromatic N) is 2. The molecule has 0 spiro atoms. The van der Waals surface area contributed by atoms with Gasteiger partial charge in [0.2, 0.25) is 0 Å². The van der Waals surface area contributed by atoms with Crippen LogP contribution in [0.25, 0.3) is 0 Å². The van der Waals surface area contributed by atoms with Crippen molar-refractivity contribution < 1.29 is 9.13 Å². The molecule has 166 valence electrons. The largest absolute Gasteiger partial charge is 0.378 e. The van der Waals surface area contributed by atoms with E-state index in [9.17, 15) is 4.39 Å². The molecule has 1 atom stereocenters. The maximum Gasteiger partial charge on any atom is 0.191 e. The van der Waals surface area contributed by atoms with E-state index in [1.807, 2.05) is 35.3 Å². The normalized spacial score (nSPS) is 15.5. The van der Waals surface area contributed by atoms with Crippen molar-refractivity contribution in [2.24, 2.45) is 4.99 Å². The van der Waals surface area contributed by atoms with Crippen molar-refractivity contribution in [3.8, 4) is 0 Å². The summed E-state index contributed by atoms with van der Waals surface area (Å²) in [5.74, 6) is 0.560. The summed E-state index contributed by atoms with van der Waals surface area (Å²) in [7, 11) is 0. The number of morpholine rings is 1. The summed E-state index contributed by atoms with van der Waals surface area (Å²) in [5, 5.41) is 6.73. The molecule has 1 aliphatic rings. The fraction of sp³-hybridized carbons (Fsp3) is 0.500. The molecule has 0 amide bonds. The standard InChI is InChI=1S/C22H31FN4OS.HI/c1-4-24-22(26-16(2)13-19-7-5-17(3)29-19)25-15-18-6-8-21(20(23)14-18)27-9-11-28-12-10-27;/h5-8,14,16H,4,9-13,15H2,1-3H3,(H2,24,25,26);1H. The Morgan fingerprint density at radius 3 is 2.67 bits per heavy atom. The summed E-state index contributed by atoms with van der Waals surface area (Å²) in [6, 6.07) is 10.00. The number of rotatable bonds is 7. The minimum Gasteiger partial charge on any atom is -0.378 e. The molecular formula is C22H32FIN4OS. The van der Waals surface area contributed by atoms with Gasteiger partial charge in [-0.15, -0.1) is 35.3 Å². The third-order valence-corrected chi connectivity index (χ3v) is 5.84. The zero-order valence-electron chi connectivity index (χ0n) is 17.9. The Morgan fingerprint density at radius 2 is 2.03 bits per heavy atom. The van der Waals surface area contributed by atoms with Crippen LogP contribution in [-0.2, 0) is 17.7 Å². The third kappa shape index (κ3) is 7.39. The van der Waals surface area contributed by atoms with E-state index in [-0.39, 0.29) is 35.8 Å². The second-order valence-electron chi connectivity index (χ2n) is 7.34. The molecule has 1 fully saturated rings. The minimum atomic E-state index is -0.195. The zero-order valence-corrected chi connectivity index (χ0v) is 21.1. The SMILES string of the molecule is CCNC(=NCc1ccc(N2CCOCC2)c(F)c1)NC(C)Cc1ccc(C)s1.I. The Balaban J connectivity index is 0.00000320. The van der Waals surface area contributed by atoms with E-state index in [1.165, 1.54) is 9.75 Å². The van der Waals surface area contributed by atoms with E-state index in [0.717, 1.165) is 37.6 Å². The molecule has 0 aliphatic carbocycles. The van der Waals surface area contributed by atoms with E-state index < -0.39 is 0 Å². The number of benzene rings is 1. The molecule has 2 N–H and O–H groups in total. The molecule has 1 unspecified atom stereocenters. The van der Waals surface area contributed by atoms with Crippen molar-refractivity contribution in [2.75, 3.05) is 37.7 Å². The van der Waals surface area contributed by atoms with Crippen molar-refractivity contribution in [1.29, 1.82) is 0 Å². The minimum absolute atomic E-state index is 0. The maximum atomic E-state index is 14.6. The number of thiophene rings is 1. The lowest BCUT2D eigenvalue weighted by Gasteiger charge is -2.29. The van der Waals surface area contributed by atoms with Gasteiger partial charge in [-0.3, -0.25) is 0 Å². The monoisotopic (exact) mass is 546 g/mol. The lowest BCUT2D eigenvalue weighted by atomic mass is 10.1. The lowest BCUT2D eigenvalue weighted by Crippen LogP contribution is -2.43. The van der Waals surface area contributed by atoms with E-state index in [2.05, 4.69) is 41.6 Å². The molecular weight excluding hydrogens is 514 g/mol. The van der Waals surface area contributed by atoms with Gasteiger partial charge in [0.25, 0.3) is 0 Å². The Hall–Kier alpha value is -1.39. The van der Waals surface area contributed by atoms with Crippen LogP contribution in [0.4, 0.5) is 10.1 Å². The number of aryl methyl sites for hydroxylation is 1. The van der Waals surface area contributed by atoms with Crippen LogP contribution in [0.15, 0.2) is 35.3 Å². The first kappa shape index (κ1) is 24.9. The van der Waals surface area contributed by atoms with Crippen molar-refractivity contribution in [2.45, 2.75) is 39.8 Å². The molecule has 1 aromatic heterocycles. The van der Waals surface area contributed by atoms with Gasteiger partial charge in [0.15, 0.2) is 5.96 Å². The predicted molar refractivity (Wildman–Crippen MR) is 135 cm³/mol. The molecule has 8 heteroatoms. The quantitative estimate of drug-likeness (QED) is 0.309. The molecule has 1 aromatic carbocycles. The van der Waals surface area contributed by atoms with Crippen LogP contribution in [-0.4, -0.2) is 44.8 Å². The van der Waals surface area contributed by atoms with Crippen LogP contribution in [0.1, 0.15) is 29.2 Å². The molecule has 3 rings (SSSR count). The van der Waals surface area contributed by atoms with E-state index in [4.69, 9.17) is 4.74 Å². The van der Waals surface area contributed by atoms with Gasteiger partial charge >= 0.3 is 0 Å². The molecule has 0 radical (unpaired) electrons. The Morgan fingerprint density at radius 1 is 1.27 bits per heavy atom. The van der Waals surface area contributed by atoms with Gasteiger partial charge in [0.05, 0.1) is 25.4 Å². The van der Waals surface area contributed by atoms with Crippen LogP contribution >= 0.6 is 35.3 Å². The Bertz CT molecular complexity index is 823.